The fourth-order valence-corrected chi connectivity index (χ4v) is 1.28. The molecule has 3 N–H and O–H groups in total. The lowest BCUT2D eigenvalue weighted by molar-refractivity contribution is -0.671. The van der Waals surface area contributed by atoms with Crippen molar-refractivity contribution in [1.82, 2.24) is 0 Å². The third-order valence-corrected chi connectivity index (χ3v) is 1.98. The van der Waals surface area contributed by atoms with Gasteiger partial charge in [-0.15, -0.1) is 0 Å². The van der Waals surface area contributed by atoms with E-state index in [4.69, 9.17) is 9.84 Å². The van der Waals surface area contributed by atoms with E-state index in [1.54, 1.807) is 6.08 Å². The first-order valence-corrected chi connectivity index (χ1v) is 5.12. The van der Waals surface area contributed by atoms with Crippen molar-refractivity contribution in [2.24, 2.45) is 0 Å². The molecule has 0 amide bonds. The second-order valence-corrected chi connectivity index (χ2v) is 3.25. The first-order chi connectivity index (χ1) is 7.36. The zero-order valence-electron chi connectivity index (χ0n) is 8.86. The molecule has 0 heterocycles. The average molecular weight is 208 g/mol. The highest BCUT2D eigenvalue weighted by atomic mass is 16.5. The van der Waals surface area contributed by atoms with Crippen molar-refractivity contribution in [3.05, 3.63) is 42.5 Å². The summed E-state index contributed by atoms with van der Waals surface area (Å²) < 4.78 is 5.42. The Bertz CT molecular complexity index is 299. The van der Waals surface area contributed by atoms with E-state index in [2.05, 4.69) is 18.0 Å². The van der Waals surface area contributed by atoms with Crippen LogP contribution in [0, 0.1) is 0 Å². The van der Waals surface area contributed by atoms with E-state index in [0.29, 0.717) is 6.61 Å². The summed E-state index contributed by atoms with van der Waals surface area (Å²) in [5.74, 6) is 0.866. The molecular weight excluding hydrogens is 190 g/mol. The third kappa shape index (κ3) is 4.63. The number of hydrogen-bond donors (Lipinski definition) is 2. The molecule has 3 nitrogen and oxygen atoms in total. The Hall–Kier alpha value is -1.32. The molecule has 0 aromatic heterocycles. The van der Waals surface area contributed by atoms with Gasteiger partial charge in [0.25, 0.3) is 0 Å². The van der Waals surface area contributed by atoms with Gasteiger partial charge in [0.1, 0.15) is 18.9 Å². The molecule has 0 aliphatic carbocycles. The Morgan fingerprint density at radius 1 is 1.47 bits per heavy atom. The van der Waals surface area contributed by atoms with E-state index in [9.17, 15) is 0 Å². The SMILES string of the molecule is C=CCOc1cccc(C[NH2+]CCO)c1. The third-order valence-electron chi connectivity index (χ3n) is 1.98. The van der Waals surface area contributed by atoms with Crippen molar-refractivity contribution in [2.45, 2.75) is 6.54 Å². The van der Waals surface area contributed by atoms with Gasteiger partial charge in [0.05, 0.1) is 13.2 Å². The van der Waals surface area contributed by atoms with Gasteiger partial charge in [-0.1, -0.05) is 24.8 Å². The molecule has 0 unspecified atom stereocenters. The Kier molecular flexibility index (Phi) is 5.51. The maximum Gasteiger partial charge on any atom is 0.120 e. The van der Waals surface area contributed by atoms with Gasteiger partial charge in [0.15, 0.2) is 0 Å². The second-order valence-electron chi connectivity index (χ2n) is 3.25. The van der Waals surface area contributed by atoms with Crippen molar-refractivity contribution in [3.8, 4) is 5.75 Å². The molecule has 0 fully saturated rings. The highest BCUT2D eigenvalue weighted by molar-refractivity contribution is 5.28. The Balaban J connectivity index is 2.46. The summed E-state index contributed by atoms with van der Waals surface area (Å²) >= 11 is 0. The topological polar surface area (TPSA) is 46.1 Å². The molecule has 0 saturated carbocycles. The van der Waals surface area contributed by atoms with E-state index in [1.807, 2.05) is 18.2 Å². The second kappa shape index (κ2) is 7.04. The number of aliphatic hydroxyl groups excluding tert-OH is 1. The van der Waals surface area contributed by atoms with Gasteiger partial charge in [-0.25, -0.2) is 0 Å². The number of ether oxygens (including phenoxy) is 1. The van der Waals surface area contributed by atoms with Gasteiger partial charge in [-0.3, -0.25) is 0 Å². The summed E-state index contributed by atoms with van der Waals surface area (Å²) in [5, 5.41) is 10.7. The standard InChI is InChI=1S/C12H17NO2/c1-2-8-15-12-5-3-4-11(9-12)10-13-6-7-14/h2-5,9,13-14H,1,6-8,10H2/p+1. The molecule has 0 radical (unpaired) electrons. The fraction of sp³-hybridized carbons (Fsp3) is 0.333. The molecule has 0 spiro atoms. The number of aliphatic hydroxyl groups is 1. The normalized spacial score (nSPS) is 9.93. The summed E-state index contributed by atoms with van der Waals surface area (Å²) in [4.78, 5) is 0. The molecular formula is C12H18NO2+. The first-order valence-electron chi connectivity index (χ1n) is 5.12. The lowest BCUT2D eigenvalue weighted by Crippen LogP contribution is -2.83. The predicted octanol–water partition coefficient (Wildman–Crippen LogP) is 0.307. The molecule has 15 heavy (non-hydrogen) atoms. The van der Waals surface area contributed by atoms with Gasteiger partial charge >= 0.3 is 0 Å². The van der Waals surface area contributed by atoms with Crippen LogP contribution in [0.1, 0.15) is 5.56 Å². The maximum atomic E-state index is 8.65. The van der Waals surface area contributed by atoms with Crippen molar-refractivity contribution in [2.75, 3.05) is 19.8 Å². The van der Waals surface area contributed by atoms with Gasteiger partial charge in [-0.05, 0) is 12.1 Å². The van der Waals surface area contributed by atoms with Crippen molar-refractivity contribution < 1.29 is 15.2 Å². The highest BCUT2D eigenvalue weighted by Gasteiger charge is 1.97. The summed E-state index contributed by atoms with van der Waals surface area (Å²) in [5.41, 5.74) is 1.20. The predicted molar refractivity (Wildman–Crippen MR) is 59.7 cm³/mol. The van der Waals surface area contributed by atoms with Crippen LogP contribution in [0.4, 0.5) is 0 Å². The van der Waals surface area contributed by atoms with E-state index >= 15 is 0 Å². The van der Waals surface area contributed by atoms with Gasteiger partial charge < -0.3 is 15.2 Å². The van der Waals surface area contributed by atoms with E-state index < -0.39 is 0 Å². The van der Waals surface area contributed by atoms with Gasteiger partial charge in [-0.2, -0.15) is 0 Å². The van der Waals surface area contributed by atoms with E-state index in [1.165, 1.54) is 5.56 Å². The molecule has 1 rings (SSSR count). The van der Waals surface area contributed by atoms with Crippen molar-refractivity contribution in [1.29, 1.82) is 0 Å². The Morgan fingerprint density at radius 2 is 2.33 bits per heavy atom. The summed E-state index contributed by atoms with van der Waals surface area (Å²) in [6.07, 6.45) is 1.73. The van der Waals surface area contributed by atoms with Crippen LogP contribution in [-0.4, -0.2) is 24.9 Å². The number of rotatable bonds is 7. The molecule has 0 atom stereocenters. The molecule has 0 saturated heterocycles. The maximum absolute atomic E-state index is 8.65. The van der Waals surface area contributed by atoms with E-state index in [-0.39, 0.29) is 6.61 Å². The Labute approximate surface area is 90.4 Å². The molecule has 0 bridgehead atoms. The van der Waals surface area contributed by atoms with Crippen molar-refractivity contribution in [3.63, 3.8) is 0 Å². The zero-order valence-corrected chi connectivity index (χ0v) is 8.86. The minimum absolute atomic E-state index is 0.215. The molecule has 0 aliphatic rings. The van der Waals surface area contributed by atoms with Crippen LogP contribution in [-0.2, 0) is 6.54 Å². The van der Waals surface area contributed by atoms with Crippen molar-refractivity contribution >= 4 is 0 Å². The number of nitrogens with two attached hydrogens (primary N) is 1. The summed E-state index contributed by atoms with van der Waals surface area (Å²) in [7, 11) is 0. The fourth-order valence-electron chi connectivity index (χ4n) is 1.28. The molecule has 82 valence electrons. The highest BCUT2D eigenvalue weighted by Crippen LogP contribution is 2.12. The first kappa shape index (κ1) is 11.8. The zero-order chi connectivity index (χ0) is 10.9. The lowest BCUT2D eigenvalue weighted by Gasteiger charge is -2.05. The molecule has 3 heteroatoms. The Morgan fingerprint density at radius 3 is 3.07 bits per heavy atom. The van der Waals surface area contributed by atoms with Crippen LogP contribution >= 0.6 is 0 Å². The molecule has 1 aromatic carbocycles. The quantitative estimate of drug-likeness (QED) is 0.500. The monoisotopic (exact) mass is 208 g/mol. The van der Waals surface area contributed by atoms with Crippen LogP contribution in [0.15, 0.2) is 36.9 Å². The summed E-state index contributed by atoms with van der Waals surface area (Å²) in [6.45, 7) is 5.95. The smallest absolute Gasteiger partial charge is 0.120 e. The minimum Gasteiger partial charge on any atom is -0.490 e. The van der Waals surface area contributed by atoms with Crippen LogP contribution in [0.2, 0.25) is 0 Å². The van der Waals surface area contributed by atoms with Crippen LogP contribution < -0.4 is 10.1 Å². The number of hydrogen-bond acceptors (Lipinski definition) is 2. The van der Waals surface area contributed by atoms with Crippen LogP contribution in [0.5, 0.6) is 5.75 Å². The summed E-state index contributed by atoms with van der Waals surface area (Å²) in [6, 6.07) is 7.96. The van der Waals surface area contributed by atoms with Gasteiger partial charge in [0, 0.05) is 5.56 Å². The molecule has 0 aliphatic heterocycles. The minimum atomic E-state index is 0.215. The average Bonchev–Trinajstić information content (AvgIpc) is 2.27. The lowest BCUT2D eigenvalue weighted by atomic mass is 10.2. The van der Waals surface area contributed by atoms with Crippen LogP contribution in [0.25, 0.3) is 0 Å². The van der Waals surface area contributed by atoms with Gasteiger partial charge in [0.2, 0.25) is 0 Å². The number of benzene rings is 1. The van der Waals surface area contributed by atoms with E-state index in [0.717, 1.165) is 18.8 Å². The molecule has 1 aromatic rings. The number of quaternary nitrogens is 1. The largest absolute Gasteiger partial charge is 0.490 e. The van der Waals surface area contributed by atoms with Crippen LogP contribution in [0.3, 0.4) is 0 Å².